The lowest BCUT2D eigenvalue weighted by atomic mass is 9.98. The molecule has 238 valence electrons. The van der Waals surface area contributed by atoms with Gasteiger partial charge in [0, 0.05) is 11.3 Å². The van der Waals surface area contributed by atoms with E-state index in [2.05, 4.69) is 0 Å². The molecule has 0 radical (unpaired) electrons. The Morgan fingerprint density at radius 1 is 0.682 bits per heavy atom. The maximum Gasteiger partial charge on any atom is 0.189 e. The van der Waals surface area contributed by atoms with E-state index in [1.807, 2.05) is 31.2 Å². The maximum atomic E-state index is 13.3. The molecule has 0 bridgehead atoms. The van der Waals surface area contributed by atoms with Gasteiger partial charge in [0.2, 0.25) is 0 Å². The van der Waals surface area contributed by atoms with Crippen molar-refractivity contribution in [2.75, 3.05) is 47.3 Å². The summed E-state index contributed by atoms with van der Waals surface area (Å²) >= 11 is 0. The number of hydrogen-bond donors (Lipinski definition) is 0. The normalized spacial score (nSPS) is 25.4. The first kappa shape index (κ1) is 32.0. The van der Waals surface area contributed by atoms with Gasteiger partial charge in [0.1, 0.15) is 53.2 Å². The number of ether oxygens (including phenoxy) is 10. The first-order valence-electron chi connectivity index (χ1n) is 14.2. The van der Waals surface area contributed by atoms with Gasteiger partial charge in [0.15, 0.2) is 25.3 Å². The quantitative estimate of drug-likeness (QED) is 0.236. The Kier molecular flexibility index (Phi) is 11.3. The lowest BCUT2D eigenvalue weighted by molar-refractivity contribution is -0.334. The van der Waals surface area contributed by atoms with Crippen LogP contribution in [0.1, 0.15) is 18.8 Å². The van der Waals surface area contributed by atoms with E-state index in [9.17, 15) is 4.21 Å². The third-order valence-corrected chi connectivity index (χ3v) is 8.77. The van der Waals surface area contributed by atoms with Crippen LogP contribution in [0.5, 0.6) is 28.7 Å². The second-order valence-electron chi connectivity index (χ2n) is 9.89. The van der Waals surface area contributed by atoms with Crippen molar-refractivity contribution < 1.29 is 51.6 Å². The summed E-state index contributed by atoms with van der Waals surface area (Å²) in [5.41, 5.74) is -0.0199. The van der Waals surface area contributed by atoms with Crippen LogP contribution in [0, 0.1) is 0 Å². The Bertz CT molecular complexity index is 1320. The first-order chi connectivity index (χ1) is 21.5. The minimum absolute atomic E-state index is 0.123. The average molecular weight is 631 g/mol. The van der Waals surface area contributed by atoms with Gasteiger partial charge in [-0.25, -0.2) is 0 Å². The third kappa shape index (κ3) is 7.81. The molecule has 0 N–H and O–H groups in total. The molecule has 3 aromatic rings. The largest absolute Gasteiger partial charge is 0.497 e. The zero-order chi connectivity index (χ0) is 30.9. The van der Waals surface area contributed by atoms with Crippen LogP contribution in [-0.2, 0) is 34.5 Å². The van der Waals surface area contributed by atoms with Crippen LogP contribution >= 0.6 is 0 Å². The molecule has 0 saturated carbocycles. The molecule has 0 amide bonds. The predicted octanol–water partition coefficient (Wildman–Crippen LogP) is 4.46. The highest BCUT2D eigenvalue weighted by molar-refractivity contribution is 7.85. The lowest BCUT2D eigenvalue weighted by Gasteiger charge is -2.48. The molecular weight excluding hydrogens is 592 g/mol. The molecule has 11 nitrogen and oxygen atoms in total. The summed E-state index contributed by atoms with van der Waals surface area (Å²) in [7, 11) is 3.40. The van der Waals surface area contributed by atoms with E-state index in [0.717, 1.165) is 11.3 Å². The van der Waals surface area contributed by atoms with E-state index in [1.54, 1.807) is 69.9 Å². The van der Waals surface area contributed by atoms with Gasteiger partial charge < -0.3 is 47.4 Å². The number of methoxy groups -OCH3 is 3. The molecule has 2 aliphatic rings. The SMILES string of the molecule is CCS(=O)[C@@H]1OC2COC(c3ccc(OC)cc3)O[C@@H]2C(OCOc2ccc(OC)cc2)C1OCOc1ccc(OC)cc1. The van der Waals surface area contributed by atoms with Crippen molar-refractivity contribution in [3.63, 3.8) is 0 Å². The van der Waals surface area contributed by atoms with Crippen LogP contribution in [0.15, 0.2) is 72.8 Å². The highest BCUT2D eigenvalue weighted by atomic mass is 32.2. The van der Waals surface area contributed by atoms with Crippen molar-refractivity contribution in [2.45, 2.75) is 43.1 Å². The van der Waals surface area contributed by atoms with Gasteiger partial charge in [-0.3, -0.25) is 4.21 Å². The summed E-state index contributed by atoms with van der Waals surface area (Å²) < 4.78 is 72.2. The third-order valence-electron chi connectivity index (χ3n) is 7.31. The van der Waals surface area contributed by atoms with E-state index < -0.39 is 46.9 Å². The van der Waals surface area contributed by atoms with Crippen LogP contribution in [0.2, 0.25) is 0 Å². The first-order valence-corrected chi connectivity index (χ1v) is 15.6. The van der Waals surface area contributed by atoms with Gasteiger partial charge in [-0.1, -0.05) is 19.1 Å². The minimum atomic E-state index is -1.40. The van der Waals surface area contributed by atoms with Crippen molar-refractivity contribution in [3.05, 3.63) is 78.4 Å². The molecule has 5 rings (SSSR count). The van der Waals surface area contributed by atoms with Crippen LogP contribution in [0.3, 0.4) is 0 Å². The van der Waals surface area contributed by atoms with E-state index in [-0.39, 0.29) is 20.2 Å². The monoisotopic (exact) mass is 630 g/mol. The molecule has 2 heterocycles. The average Bonchev–Trinajstić information content (AvgIpc) is 3.08. The zero-order valence-electron chi connectivity index (χ0n) is 25.1. The summed E-state index contributed by atoms with van der Waals surface area (Å²) in [6.07, 6.45) is -3.44. The van der Waals surface area contributed by atoms with Gasteiger partial charge in [-0.05, 0) is 60.7 Å². The Balaban J connectivity index is 1.36. The summed E-state index contributed by atoms with van der Waals surface area (Å²) in [6, 6.07) is 21.7. The molecule has 2 aliphatic heterocycles. The highest BCUT2D eigenvalue weighted by Gasteiger charge is 2.53. The molecule has 0 aromatic heterocycles. The summed E-state index contributed by atoms with van der Waals surface area (Å²) in [5, 5.41) is 0. The lowest BCUT2D eigenvalue weighted by Crippen LogP contribution is -2.64. The Hall–Kier alpha value is -3.39. The van der Waals surface area contributed by atoms with Gasteiger partial charge >= 0.3 is 0 Å². The van der Waals surface area contributed by atoms with E-state index in [4.69, 9.17) is 47.4 Å². The zero-order valence-corrected chi connectivity index (χ0v) is 25.9. The highest BCUT2D eigenvalue weighted by Crippen LogP contribution is 2.38. The summed E-state index contributed by atoms with van der Waals surface area (Å²) in [4.78, 5) is 0. The predicted molar refractivity (Wildman–Crippen MR) is 161 cm³/mol. The molecule has 12 heteroatoms. The van der Waals surface area contributed by atoms with Crippen molar-refractivity contribution >= 4 is 10.8 Å². The standard InChI is InChI=1S/C32H38O11S/c1-5-44(33)32-30(41-20-39-26-16-12-24(36-4)13-17-26)29(40-19-38-25-14-10-23(35-3)11-15-25)28-27(42-32)18-37-31(43-28)21-6-8-22(34-2)9-7-21/h6-17,27-32H,5,18-20H2,1-4H3/t27?,28-,29?,30?,31?,32-,44?/m0/s1. The molecule has 3 aromatic carbocycles. The van der Waals surface area contributed by atoms with E-state index in [1.165, 1.54) is 0 Å². The fraction of sp³-hybridized carbons (Fsp3) is 0.438. The second kappa shape index (κ2) is 15.6. The summed E-state index contributed by atoms with van der Waals surface area (Å²) in [5.74, 6) is 3.66. The van der Waals surface area contributed by atoms with Crippen molar-refractivity contribution in [1.29, 1.82) is 0 Å². The van der Waals surface area contributed by atoms with Gasteiger partial charge in [0.25, 0.3) is 0 Å². The van der Waals surface area contributed by atoms with Crippen LogP contribution in [-0.4, -0.2) is 81.3 Å². The van der Waals surface area contributed by atoms with Crippen LogP contribution in [0.4, 0.5) is 0 Å². The molecular formula is C32H38O11S. The van der Waals surface area contributed by atoms with Gasteiger partial charge in [-0.2, -0.15) is 0 Å². The van der Waals surface area contributed by atoms with Crippen molar-refractivity contribution in [1.82, 2.24) is 0 Å². The minimum Gasteiger partial charge on any atom is -0.497 e. The second-order valence-corrected chi connectivity index (χ2v) is 11.7. The van der Waals surface area contributed by atoms with Gasteiger partial charge in [0.05, 0.1) is 38.7 Å². The van der Waals surface area contributed by atoms with Crippen molar-refractivity contribution in [2.24, 2.45) is 0 Å². The molecule has 2 saturated heterocycles. The number of rotatable bonds is 14. The number of hydrogen-bond acceptors (Lipinski definition) is 11. The van der Waals surface area contributed by atoms with Gasteiger partial charge in [-0.15, -0.1) is 0 Å². The molecule has 0 aliphatic carbocycles. The number of benzene rings is 3. The fourth-order valence-electron chi connectivity index (χ4n) is 4.92. The maximum absolute atomic E-state index is 13.3. The van der Waals surface area contributed by atoms with Crippen LogP contribution in [0.25, 0.3) is 0 Å². The smallest absolute Gasteiger partial charge is 0.189 e. The Morgan fingerprint density at radius 2 is 1.16 bits per heavy atom. The van der Waals surface area contributed by atoms with E-state index >= 15 is 0 Å². The fourth-order valence-corrected chi connectivity index (χ4v) is 6.05. The van der Waals surface area contributed by atoms with Crippen molar-refractivity contribution in [3.8, 4) is 28.7 Å². The number of fused-ring (bicyclic) bond motifs is 1. The Labute approximate surface area is 259 Å². The molecule has 0 spiro atoms. The molecule has 5 unspecified atom stereocenters. The molecule has 2 fully saturated rings. The molecule has 44 heavy (non-hydrogen) atoms. The summed E-state index contributed by atoms with van der Waals surface area (Å²) in [6.45, 7) is 1.76. The Morgan fingerprint density at radius 3 is 1.66 bits per heavy atom. The topological polar surface area (TPSA) is 109 Å². The van der Waals surface area contributed by atoms with E-state index in [0.29, 0.717) is 28.8 Å². The molecule has 7 atom stereocenters. The van der Waals surface area contributed by atoms with Crippen LogP contribution < -0.4 is 23.7 Å².